The molecule has 0 aliphatic carbocycles. The standard InChI is InChI=1S/C8H9N3O4/c1-5-7(10(12)13)3-6(9-2)4-8(5)11(14)15/h3-4,9H,1-2H3. The number of anilines is 1. The van der Waals surface area contributed by atoms with Crippen LogP contribution in [0, 0.1) is 27.2 Å². The molecule has 0 aliphatic heterocycles. The lowest BCUT2D eigenvalue weighted by molar-refractivity contribution is -0.395. The van der Waals surface area contributed by atoms with Gasteiger partial charge in [0, 0.05) is 24.9 Å². The number of nitrogens with zero attached hydrogens (tertiary/aromatic N) is 2. The molecule has 0 saturated heterocycles. The SMILES string of the molecule is CNc1cc([N+](=O)[O-])c(C)c([N+](=O)[O-])c1. The molecule has 0 spiro atoms. The molecule has 7 heteroatoms. The Hall–Kier alpha value is -2.18. The molecule has 0 saturated carbocycles. The first-order chi connectivity index (χ1) is 6.97. The maximum atomic E-state index is 10.6. The molecule has 80 valence electrons. The number of benzene rings is 1. The lowest BCUT2D eigenvalue weighted by Crippen LogP contribution is -2.00. The molecule has 0 atom stereocenters. The lowest BCUT2D eigenvalue weighted by Gasteiger charge is -2.03. The van der Waals surface area contributed by atoms with E-state index < -0.39 is 9.85 Å². The van der Waals surface area contributed by atoms with E-state index in [0.29, 0.717) is 5.69 Å². The largest absolute Gasteiger partial charge is 0.388 e. The summed E-state index contributed by atoms with van der Waals surface area (Å²) in [7, 11) is 1.54. The zero-order chi connectivity index (χ0) is 11.6. The summed E-state index contributed by atoms with van der Waals surface area (Å²) in [5, 5.41) is 23.9. The summed E-state index contributed by atoms with van der Waals surface area (Å²) in [5.74, 6) is 0. The highest BCUT2D eigenvalue weighted by Gasteiger charge is 2.22. The molecule has 0 fully saturated rings. The third kappa shape index (κ3) is 2.01. The minimum absolute atomic E-state index is 0.0593. The van der Waals surface area contributed by atoms with Crippen LogP contribution < -0.4 is 5.32 Å². The van der Waals surface area contributed by atoms with Crippen molar-refractivity contribution >= 4 is 17.1 Å². The molecule has 1 aromatic rings. The number of nitrogens with one attached hydrogen (secondary N) is 1. The summed E-state index contributed by atoms with van der Waals surface area (Å²) < 4.78 is 0. The number of hydrogen-bond donors (Lipinski definition) is 1. The van der Waals surface area contributed by atoms with E-state index in [1.165, 1.54) is 26.1 Å². The molecule has 0 aliphatic rings. The van der Waals surface area contributed by atoms with Gasteiger partial charge in [0.1, 0.15) is 5.56 Å². The van der Waals surface area contributed by atoms with Gasteiger partial charge in [-0.25, -0.2) is 0 Å². The van der Waals surface area contributed by atoms with Gasteiger partial charge in [-0.2, -0.15) is 0 Å². The van der Waals surface area contributed by atoms with Gasteiger partial charge in [0.05, 0.1) is 9.85 Å². The van der Waals surface area contributed by atoms with Crippen molar-refractivity contribution in [1.29, 1.82) is 0 Å². The highest BCUT2D eigenvalue weighted by molar-refractivity contribution is 5.63. The Balaban J connectivity index is 3.47. The predicted octanol–water partition coefficient (Wildman–Crippen LogP) is 1.85. The fourth-order valence-corrected chi connectivity index (χ4v) is 1.21. The predicted molar refractivity (Wildman–Crippen MR) is 54.0 cm³/mol. The van der Waals surface area contributed by atoms with Crippen molar-refractivity contribution in [2.24, 2.45) is 0 Å². The van der Waals surface area contributed by atoms with Crippen molar-refractivity contribution in [3.8, 4) is 0 Å². The second-order valence-corrected chi connectivity index (χ2v) is 2.90. The highest BCUT2D eigenvalue weighted by Crippen LogP contribution is 2.31. The number of hydrogen-bond acceptors (Lipinski definition) is 5. The van der Waals surface area contributed by atoms with Gasteiger partial charge in [-0.15, -0.1) is 0 Å². The monoisotopic (exact) mass is 211 g/mol. The molecular formula is C8H9N3O4. The van der Waals surface area contributed by atoms with E-state index >= 15 is 0 Å². The minimum Gasteiger partial charge on any atom is -0.388 e. The fourth-order valence-electron chi connectivity index (χ4n) is 1.21. The van der Waals surface area contributed by atoms with Gasteiger partial charge in [0.15, 0.2) is 0 Å². The number of nitro benzene ring substituents is 2. The molecule has 1 aromatic carbocycles. The molecule has 0 heterocycles. The summed E-state index contributed by atoms with van der Waals surface area (Å²) in [5.41, 5.74) is -0.106. The van der Waals surface area contributed by atoms with Gasteiger partial charge in [-0.3, -0.25) is 20.2 Å². The zero-order valence-electron chi connectivity index (χ0n) is 8.18. The van der Waals surface area contributed by atoms with Crippen LogP contribution in [0.2, 0.25) is 0 Å². The molecule has 7 nitrogen and oxygen atoms in total. The highest BCUT2D eigenvalue weighted by atomic mass is 16.6. The molecule has 0 amide bonds. The fraction of sp³-hybridized carbons (Fsp3) is 0.250. The Morgan fingerprint density at radius 1 is 1.13 bits per heavy atom. The quantitative estimate of drug-likeness (QED) is 0.607. The maximum absolute atomic E-state index is 10.6. The van der Waals surface area contributed by atoms with E-state index in [-0.39, 0.29) is 16.9 Å². The Labute approximate surface area is 85.0 Å². The average molecular weight is 211 g/mol. The second kappa shape index (κ2) is 3.91. The van der Waals surface area contributed by atoms with Gasteiger partial charge in [0.25, 0.3) is 11.4 Å². The van der Waals surface area contributed by atoms with Crippen molar-refractivity contribution < 1.29 is 9.85 Å². The van der Waals surface area contributed by atoms with Crippen LogP contribution in [0.25, 0.3) is 0 Å². The first-order valence-electron chi connectivity index (χ1n) is 4.08. The zero-order valence-corrected chi connectivity index (χ0v) is 8.18. The molecular weight excluding hydrogens is 202 g/mol. The van der Waals surface area contributed by atoms with Crippen LogP contribution in [0.4, 0.5) is 17.1 Å². The van der Waals surface area contributed by atoms with Crippen LogP contribution in [0.3, 0.4) is 0 Å². The van der Waals surface area contributed by atoms with Crippen molar-refractivity contribution in [2.45, 2.75) is 6.92 Å². The van der Waals surface area contributed by atoms with E-state index in [2.05, 4.69) is 5.32 Å². The summed E-state index contributed by atoms with van der Waals surface area (Å²) in [6, 6.07) is 2.53. The minimum atomic E-state index is -0.636. The smallest absolute Gasteiger partial charge is 0.281 e. The van der Waals surface area contributed by atoms with Crippen LogP contribution >= 0.6 is 0 Å². The average Bonchev–Trinajstić information content (AvgIpc) is 2.17. The first-order valence-corrected chi connectivity index (χ1v) is 4.08. The topological polar surface area (TPSA) is 98.3 Å². The summed E-state index contributed by atoms with van der Waals surface area (Å²) in [4.78, 5) is 20.0. The van der Waals surface area contributed by atoms with Crippen LogP contribution in [-0.4, -0.2) is 16.9 Å². The molecule has 0 radical (unpaired) electrons. The van der Waals surface area contributed by atoms with Crippen LogP contribution in [0.5, 0.6) is 0 Å². The first kappa shape index (κ1) is 10.9. The van der Waals surface area contributed by atoms with Crippen LogP contribution in [0.1, 0.15) is 5.56 Å². The van der Waals surface area contributed by atoms with Gasteiger partial charge < -0.3 is 5.32 Å². The van der Waals surface area contributed by atoms with Crippen LogP contribution in [0.15, 0.2) is 12.1 Å². The molecule has 0 unspecified atom stereocenters. The third-order valence-corrected chi connectivity index (χ3v) is 2.03. The van der Waals surface area contributed by atoms with E-state index in [9.17, 15) is 20.2 Å². The van der Waals surface area contributed by atoms with Crippen molar-refractivity contribution in [3.05, 3.63) is 37.9 Å². The molecule has 1 rings (SSSR count). The van der Waals surface area contributed by atoms with Crippen molar-refractivity contribution in [1.82, 2.24) is 0 Å². The summed E-state index contributed by atoms with van der Waals surface area (Å²) in [6.07, 6.45) is 0. The Morgan fingerprint density at radius 2 is 1.53 bits per heavy atom. The van der Waals surface area contributed by atoms with Crippen molar-refractivity contribution in [3.63, 3.8) is 0 Å². The molecule has 0 aromatic heterocycles. The Kier molecular flexibility index (Phi) is 2.84. The number of rotatable bonds is 3. The molecule has 1 N–H and O–H groups in total. The van der Waals surface area contributed by atoms with E-state index in [4.69, 9.17) is 0 Å². The molecule has 0 bridgehead atoms. The van der Waals surface area contributed by atoms with Gasteiger partial charge in [-0.05, 0) is 6.92 Å². The normalized spacial score (nSPS) is 9.73. The second-order valence-electron chi connectivity index (χ2n) is 2.90. The van der Waals surface area contributed by atoms with Gasteiger partial charge >= 0.3 is 0 Å². The van der Waals surface area contributed by atoms with E-state index in [1.807, 2.05) is 0 Å². The number of nitro groups is 2. The van der Waals surface area contributed by atoms with E-state index in [1.54, 1.807) is 0 Å². The lowest BCUT2D eigenvalue weighted by atomic mass is 10.1. The Bertz CT molecular complexity index is 395. The van der Waals surface area contributed by atoms with Gasteiger partial charge in [-0.1, -0.05) is 0 Å². The molecule has 15 heavy (non-hydrogen) atoms. The third-order valence-electron chi connectivity index (χ3n) is 2.03. The van der Waals surface area contributed by atoms with Gasteiger partial charge in [0.2, 0.25) is 0 Å². The summed E-state index contributed by atoms with van der Waals surface area (Å²) >= 11 is 0. The summed E-state index contributed by atoms with van der Waals surface area (Å²) in [6.45, 7) is 1.36. The Morgan fingerprint density at radius 3 is 1.80 bits per heavy atom. The van der Waals surface area contributed by atoms with Crippen molar-refractivity contribution in [2.75, 3.05) is 12.4 Å². The maximum Gasteiger partial charge on any atom is 0.281 e. The van der Waals surface area contributed by atoms with E-state index in [0.717, 1.165) is 0 Å². The van der Waals surface area contributed by atoms with Crippen LogP contribution in [-0.2, 0) is 0 Å².